The summed E-state index contributed by atoms with van der Waals surface area (Å²) >= 11 is 0. The number of carbonyl (C=O) groups excluding carboxylic acids is 1. The molecule has 4 heteroatoms. The second kappa shape index (κ2) is 7.46. The minimum atomic E-state index is -0.384. The number of esters is 1. The standard InChI is InChI=1S/C23H17FO3/c24-18-9-11-19(12-10-18)26-13-14-27-23(25)22-20-7-3-1-5-16(20)15-17-6-2-4-8-21(17)22/h1-12,15H,13-14H2. The Balaban J connectivity index is 1.53. The van der Waals surface area contributed by atoms with Gasteiger partial charge < -0.3 is 9.47 Å². The normalized spacial score (nSPS) is 10.9. The highest BCUT2D eigenvalue weighted by Gasteiger charge is 2.16. The van der Waals surface area contributed by atoms with Gasteiger partial charge in [-0.15, -0.1) is 0 Å². The van der Waals surface area contributed by atoms with Crippen LogP contribution in [0.1, 0.15) is 10.4 Å². The first-order valence-corrected chi connectivity index (χ1v) is 8.68. The SMILES string of the molecule is O=C(OCCOc1ccc(F)cc1)c1c2ccccc2cc2ccccc12. The number of fused-ring (bicyclic) bond motifs is 2. The molecule has 4 aromatic carbocycles. The van der Waals surface area contributed by atoms with E-state index in [2.05, 4.69) is 6.07 Å². The molecule has 0 heterocycles. The van der Waals surface area contributed by atoms with E-state index in [-0.39, 0.29) is 25.0 Å². The Morgan fingerprint density at radius 1 is 0.778 bits per heavy atom. The van der Waals surface area contributed by atoms with Gasteiger partial charge in [0.1, 0.15) is 24.8 Å². The van der Waals surface area contributed by atoms with Crippen molar-refractivity contribution in [3.63, 3.8) is 0 Å². The van der Waals surface area contributed by atoms with Crippen LogP contribution < -0.4 is 4.74 Å². The largest absolute Gasteiger partial charge is 0.490 e. The molecular formula is C23H17FO3. The van der Waals surface area contributed by atoms with Crippen molar-refractivity contribution in [1.82, 2.24) is 0 Å². The van der Waals surface area contributed by atoms with Crippen molar-refractivity contribution in [2.45, 2.75) is 0 Å². The number of halogens is 1. The molecule has 0 unspecified atom stereocenters. The highest BCUT2D eigenvalue weighted by atomic mass is 19.1. The smallest absolute Gasteiger partial charge is 0.339 e. The van der Waals surface area contributed by atoms with Gasteiger partial charge in [0.15, 0.2) is 0 Å². The van der Waals surface area contributed by atoms with Crippen LogP contribution >= 0.6 is 0 Å². The van der Waals surface area contributed by atoms with E-state index in [1.807, 2.05) is 48.5 Å². The van der Waals surface area contributed by atoms with E-state index in [0.29, 0.717) is 11.3 Å². The molecule has 0 bridgehead atoms. The van der Waals surface area contributed by atoms with Gasteiger partial charge in [0.05, 0.1) is 5.56 Å². The van der Waals surface area contributed by atoms with Crippen molar-refractivity contribution >= 4 is 27.5 Å². The Labute approximate surface area is 156 Å². The first kappa shape index (κ1) is 17.0. The molecule has 0 radical (unpaired) electrons. The predicted octanol–water partition coefficient (Wildman–Crippen LogP) is 5.37. The van der Waals surface area contributed by atoms with Gasteiger partial charge in [-0.3, -0.25) is 0 Å². The molecule has 3 nitrogen and oxygen atoms in total. The fraction of sp³-hybridized carbons (Fsp3) is 0.0870. The monoisotopic (exact) mass is 360 g/mol. The minimum Gasteiger partial charge on any atom is -0.490 e. The number of benzene rings is 4. The summed E-state index contributed by atoms with van der Waals surface area (Å²) in [6.07, 6.45) is 0. The Kier molecular flexibility index (Phi) is 4.71. The van der Waals surface area contributed by atoms with Gasteiger partial charge in [-0.05, 0) is 51.9 Å². The Morgan fingerprint density at radius 2 is 1.37 bits per heavy atom. The van der Waals surface area contributed by atoms with Crippen molar-refractivity contribution in [1.29, 1.82) is 0 Å². The molecule has 0 N–H and O–H groups in total. The Morgan fingerprint density at radius 3 is 2.00 bits per heavy atom. The lowest BCUT2D eigenvalue weighted by atomic mass is 9.97. The molecule has 0 atom stereocenters. The van der Waals surface area contributed by atoms with E-state index in [1.165, 1.54) is 24.3 Å². The summed E-state index contributed by atoms with van der Waals surface area (Å²) in [7, 11) is 0. The van der Waals surface area contributed by atoms with Crippen molar-refractivity contribution in [2.75, 3.05) is 13.2 Å². The number of hydrogen-bond donors (Lipinski definition) is 0. The molecule has 0 aliphatic rings. The van der Waals surface area contributed by atoms with Gasteiger partial charge in [0.25, 0.3) is 0 Å². The van der Waals surface area contributed by atoms with E-state index in [1.54, 1.807) is 0 Å². The third-order valence-electron chi connectivity index (χ3n) is 4.37. The van der Waals surface area contributed by atoms with Gasteiger partial charge in [0, 0.05) is 0 Å². The summed E-state index contributed by atoms with van der Waals surface area (Å²) in [5.74, 6) is -0.176. The summed E-state index contributed by atoms with van der Waals surface area (Å²) in [6.45, 7) is 0.299. The van der Waals surface area contributed by atoms with E-state index in [4.69, 9.17) is 9.47 Å². The Hall–Kier alpha value is -3.40. The first-order chi connectivity index (χ1) is 13.2. The van der Waals surface area contributed by atoms with Crippen molar-refractivity contribution < 1.29 is 18.7 Å². The molecular weight excluding hydrogens is 343 g/mol. The van der Waals surface area contributed by atoms with Crippen molar-refractivity contribution in [2.24, 2.45) is 0 Å². The third kappa shape index (κ3) is 3.60. The summed E-state index contributed by atoms with van der Waals surface area (Å²) in [4.78, 5) is 12.8. The molecule has 0 amide bonds. The minimum absolute atomic E-state index is 0.105. The van der Waals surface area contributed by atoms with E-state index < -0.39 is 0 Å². The van der Waals surface area contributed by atoms with Crippen LogP contribution in [0.2, 0.25) is 0 Å². The average Bonchev–Trinajstić information content (AvgIpc) is 2.70. The maximum Gasteiger partial charge on any atom is 0.339 e. The predicted molar refractivity (Wildman–Crippen MR) is 104 cm³/mol. The van der Waals surface area contributed by atoms with Gasteiger partial charge in [0.2, 0.25) is 0 Å². The van der Waals surface area contributed by atoms with Crippen molar-refractivity contribution in [3.05, 3.63) is 90.2 Å². The zero-order chi connectivity index (χ0) is 18.6. The number of ether oxygens (including phenoxy) is 2. The summed E-state index contributed by atoms with van der Waals surface area (Å²) in [5, 5.41) is 3.71. The summed E-state index contributed by atoms with van der Waals surface area (Å²) in [5.41, 5.74) is 0.561. The fourth-order valence-electron chi connectivity index (χ4n) is 3.13. The van der Waals surface area contributed by atoms with Gasteiger partial charge >= 0.3 is 5.97 Å². The topological polar surface area (TPSA) is 35.5 Å². The molecule has 0 spiro atoms. The van der Waals surface area contributed by atoms with Crippen LogP contribution in [0.5, 0.6) is 5.75 Å². The number of carbonyl (C=O) groups is 1. The van der Waals surface area contributed by atoms with Crippen LogP contribution in [0.4, 0.5) is 4.39 Å². The lowest BCUT2D eigenvalue weighted by Gasteiger charge is -2.12. The highest BCUT2D eigenvalue weighted by Crippen LogP contribution is 2.29. The molecule has 27 heavy (non-hydrogen) atoms. The van der Waals surface area contributed by atoms with E-state index in [9.17, 15) is 9.18 Å². The van der Waals surface area contributed by atoms with Crippen molar-refractivity contribution in [3.8, 4) is 5.75 Å². The molecule has 0 aliphatic carbocycles. The average molecular weight is 360 g/mol. The molecule has 0 saturated carbocycles. The molecule has 4 aromatic rings. The molecule has 134 valence electrons. The van der Waals surface area contributed by atoms with Crippen LogP contribution in [0.3, 0.4) is 0 Å². The van der Waals surface area contributed by atoms with E-state index in [0.717, 1.165) is 21.5 Å². The lowest BCUT2D eigenvalue weighted by molar-refractivity contribution is 0.0455. The fourth-order valence-corrected chi connectivity index (χ4v) is 3.13. The maximum atomic E-state index is 12.9. The van der Waals surface area contributed by atoms with Crippen LogP contribution in [-0.4, -0.2) is 19.2 Å². The summed E-state index contributed by atoms with van der Waals surface area (Å²) in [6, 6.07) is 23.3. The van der Waals surface area contributed by atoms with Gasteiger partial charge in [-0.2, -0.15) is 0 Å². The molecule has 0 aliphatic heterocycles. The maximum absolute atomic E-state index is 12.9. The number of hydrogen-bond acceptors (Lipinski definition) is 3. The zero-order valence-electron chi connectivity index (χ0n) is 14.5. The first-order valence-electron chi connectivity index (χ1n) is 8.68. The van der Waals surface area contributed by atoms with Gasteiger partial charge in [-0.25, -0.2) is 9.18 Å². The van der Waals surface area contributed by atoms with Gasteiger partial charge in [-0.1, -0.05) is 48.5 Å². The highest BCUT2D eigenvalue weighted by molar-refractivity contribution is 6.16. The lowest BCUT2D eigenvalue weighted by Crippen LogP contribution is -2.13. The Bertz CT molecular complexity index is 1050. The quantitative estimate of drug-likeness (QED) is 0.273. The van der Waals surface area contributed by atoms with E-state index >= 15 is 0 Å². The number of rotatable bonds is 5. The van der Waals surface area contributed by atoms with Crippen LogP contribution in [0.25, 0.3) is 21.5 Å². The second-order valence-electron chi connectivity index (χ2n) is 6.13. The van der Waals surface area contributed by atoms with Crippen LogP contribution in [0, 0.1) is 5.82 Å². The van der Waals surface area contributed by atoms with Crippen LogP contribution in [-0.2, 0) is 4.74 Å². The molecule has 4 rings (SSSR count). The molecule has 0 saturated heterocycles. The summed E-state index contributed by atoms with van der Waals surface area (Å²) < 4.78 is 23.8. The third-order valence-corrected chi connectivity index (χ3v) is 4.37. The van der Waals surface area contributed by atoms with Crippen LogP contribution in [0.15, 0.2) is 78.9 Å². The second-order valence-corrected chi connectivity index (χ2v) is 6.13. The molecule has 0 fully saturated rings. The molecule has 0 aromatic heterocycles. The zero-order valence-corrected chi connectivity index (χ0v) is 14.5.